The number of ether oxygens (including phenoxy) is 1. The highest BCUT2D eigenvalue weighted by Gasteiger charge is 2.24. The average molecular weight is 816 g/mol. The molecule has 3 atom stereocenters. The molecule has 0 aromatic heterocycles. The molecule has 6 nitrogen and oxygen atoms in total. The molecule has 0 rings (SSSR count). The summed E-state index contributed by atoms with van der Waals surface area (Å²) >= 11 is 0. The zero-order valence-corrected chi connectivity index (χ0v) is 38.7. The molecule has 0 fully saturated rings. The van der Waals surface area contributed by atoms with Crippen molar-refractivity contribution in [3.05, 3.63) is 36.5 Å². The minimum absolute atomic E-state index is 0.0634. The summed E-state index contributed by atoms with van der Waals surface area (Å²) in [6, 6.07) is -0.705. The second-order valence-corrected chi connectivity index (χ2v) is 17.2. The van der Waals surface area contributed by atoms with E-state index in [2.05, 4.69) is 62.5 Å². The summed E-state index contributed by atoms with van der Waals surface area (Å²) in [5, 5.41) is 23.7. The second kappa shape index (κ2) is 46.2. The van der Waals surface area contributed by atoms with Crippen LogP contribution in [0.4, 0.5) is 0 Å². The zero-order valence-electron chi connectivity index (χ0n) is 38.7. The van der Waals surface area contributed by atoms with E-state index in [1.165, 1.54) is 135 Å². The molecule has 0 aromatic rings. The standard InChI is InChI=1S/C52H97NO5/c1-4-7-10-13-16-19-21-23-25-27-29-32-35-38-41-44-50(55)49(47-54)53-51(56)46-48(43-40-37-34-31-18-15-12-9-6-3)58-52(57)45-42-39-36-33-30-28-26-24-22-20-17-14-11-8-5-2/h15,17-18,20,22,24,48-50,54-55H,4-14,16,19,21,23,25-47H2,1-3H3,(H,53,56)/b18-15-,20-17+,24-22+. The van der Waals surface area contributed by atoms with E-state index in [9.17, 15) is 19.8 Å². The van der Waals surface area contributed by atoms with Crippen molar-refractivity contribution in [2.45, 2.75) is 277 Å². The highest BCUT2D eigenvalue weighted by molar-refractivity contribution is 5.77. The van der Waals surface area contributed by atoms with Gasteiger partial charge in [0.1, 0.15) is 6.10 Å². The molecule has 3 N–H and O–H groups in total. The first-order valence-electron chi connectivity index (χ1n) is 25.2. The van der Waals surface area contributed by atoms with Gasteiger partial charge in [-0.15, -0.1) is 0 Å². The van der Waals surface area contributed by atoms with Crippen LogP contribution in [0.3, 0.4) is 0 Å². The largest absolute Gasteiger partial charge is 0.462 e. The van der Waals surface area contributed by atoms with Gasteiger partial charge in [-0.1, -0.05) is 211 Å². The van der Waals surface area contributed by atoms with Crippen molar-refractivity contribution >= 4 is 11.9 Å². The summed E-state index contributed by atoms with van der Waals surface area (Å²) in [6.45, 7) is 6.41. The molecule has 0 aliphatic rings. The van der Waals surface area contributed by atoms with Gasteiger partial charge in [0.15, 0.2) is 0 Å². The molecule has 0 spiro atoms. The minimum Gasteiger partial charge on any atom is -0.462 e. The van der Waals surface area contributed by atoms with E-state index in [-0.39, 0.29) is 24.9 Å². The molecule has 0 aliphatic carbocycles. The Kier molecular flexibility index (Phi) is 44.6. The number of carbonyl (C=O) groups is 2. The Labute approximate surface area is 360 Å². The lowest BCUT2D eigenvalue weighted by molar-refractivity contribution is -0.151. The van der Waals surface area contributed by atoms with Crippen LogP contribution >= 0.6 is 0 Å². The fraction of sp³-hybridized carbons (Fsp3) is 0.846. The maximum absolute atomic E-state index is 13.1. The van der Waals surface area contributed by atoms with E-state index in [0.717, 1.165) is 77.0 Å². The number of carbonyl (C=O) groups excluding carboxylic acids is 2. The lowest BCUT2D eigenvalue weighted by Gasteiger charge is -2.24. The smallest absolute Gasteiger partial charge is 0.306 e. The summed E-state index contributed by atoms with van der Waals surface area (Å²) in [6.07, 6.45) is 53.5. The summed E-state index contributed by atoms with van der Waals surface area (Å²) in [5.74, 6) is -0.499. The van der Waals surface area contributed by atoms with Crippen LogP contribution in [0, 0.1) is 0 Å². The third kappa shape index (κ3) is 40.8. The minimum atomic E-state index is -0.791. The van der Waals surface area contributed by atoms with E-state index in [0.29, 0.717) is 19.3 Å². The van der Waals surface area contributed by atoms with E-state index >= 15 is 0 Å². The quantitative estimate of drug-likeness (QED) is 0.0246. The number of nitrogens with one attached hydrogen (secondary N) is 1. The lowest BCUT2D eigenvalue weighted by Crippen LogP contribution is -2.46. The zero-order chi connectivity index (χ0) is 42.4. The maximum Gasteiger partial charge on any atom is 0.306 e. The molecule has 0 aromatic carbocycles. The van der Waals surface area contributed by atoms with Crippen molar-refractivity contribution in [3.8, 4) is 0 Å². The van der Waals surface area contributed by atoms with Crippen LogP contribution in [-0.2, 0) is 14.3 Å². The number of aliphatic hydroxyl groups is 2. The molecule has 0 aliphatic heterocycles. The fourth-order valence-corrected chi connectivity index (χ4v) is 7.58. The Bertz CT molecular complexity index is 961. The first-order chi connectivity index (χ1) is 28.5. The van der Waals surface area contributed by atoms with Crippen LogP contribution in [0.25, 0.3) is 0 Å². The Morgan fingerprint density at radius 3 is 1.43 bits per heavy atom. The second-order valence-electron chi connectivity index (χ2n) is 17.2. The summed E-state index contributed by atoms with van der Waals surface area (Å²) in [5.41, 5.74) is 0. The van der Waals surface area contributed by atoms with Crippen molar-refractivity contribution in [3.63, 3.8) is 0 Å². The highest BCUT2D eigenvalue weighted by Crippen LogP contribution is 2.17. The van der Waals surface area contributed by atoms with Crippen LogP contribution in [0.15, 0.2) is 36.5 Å². The van der Waals surface area contributed by atoms with Crippen molar-refractivity contribution in [2.24, 2.45) is 0 Å². The first-order valence-corrected chi connectivity index (χ1v) is 25.2. The number of unbranched alkanes of at least 4 members (excludes halogenated alkanes) is 28. The Morgan fingerprint density at radius 1 is 0.500 bits per heavy atom. The van der Waals surface area contributed by atoms with Crippen LogP contribution in [0.1, 0.15) is 258 Å². The molecular formula is C52H97NO5. The predicted molar refractivity (Wildman–Crippen MR) is 250 cm³/mol. The molecule has 3 unspecified atom stereocenters. The summed E-state index contributed by atoms with van der Waals surface area (Å²) in [4.78, 5) is 26.0. The number of esters is 1. The van der Waals surface area contributed by atoms with E-state index < -0.39 is 18.2 Å². The molecule has 1 amide bonds. The van der Waals surface area contributed by atoms with Gasteiger partial charge < -0.3 is 20.3 Å². The van der Waals surface area contributed by atoms with Gasteiger partial charge in [0, 0.05) is 6.42 Å². The van der Waals surface area contributed by atoms with Crippen molar-refractivity contribution < 1.29 is 24.5 Å². The van der Waals surface area contributed by atoms with E-state index in [4.69, 9.17) is 4.74 Å². The molecule has 58 heavy (non-hydrogen) atoms. The number of hydrogen-bond acceptors (Lipinski definition) is 5. The highest BCUT2D eigenvalue weighted by atomic mass is 16.5. The van der Waals surface area contributed by atoms with Gasteiger partial charge in [0.2, 0.25) is 5.91 Å². The van der Waals surface area contributed by atoms with Crippen molar-refractivity contribution in [2.75, 3.05) is 6.61 Å². The molecule has 0 heterocycles. The molecule has 0 bridgehead atoms. The predicted octanol–water partition coefficient (Wildman–Crippen LogP) is 14.9. The molecular weight excluding hydrogens is 719 g/mol. The van der Waals surface area contributed by atoms with Gasteiger partial charge in [-0.05, 0) is 70.6 Å². The van der Waals surface area contributed by atoms with Gasteiger partial charge in [0.25, 0.3) is 0 Å². The molecule has 0 radical (unpaired) electrons. The van der Waals surface area contributed by atoms with Crippen LogP contribution in [-0.4, -0.2) is 46.9 Å². The van der Waals surface area contributed by atoms with E-state index in [1.807, 2.05) is 0 Å². The number of rotatable bonds is 45. The Morgan fingerprint density at radius 2 is 0.897 bits per heavy atom. The van der Waals surface area contributed by atoms with Gasteiger partial charge in [-0.3, -0.25) is 9.59 Å². The van der Waals surface area contributed by atoms with Gasteiger partial charge in [-0.2, -0.15) is 0 Å². The lowest BCUT2D eigenvalue weighted by atomic mass is 10.0. The molecule has 340 valence electrons. The van der Waals surface area contributed by atoms with Gasteiger partial charge >= 0.3 is 5.97 Å². The average Bonchev–Trinajstić information content (AvgIpc) is 3.22. The van der Waals surface area contributed by atoms with Gasteiger partial charge in [0.05, 0.1) is 25.2 Å². The third-order valence-electron chi connectivity index (χ3n) is 11.5. The molecule has 6 heteroatoms. The van der Waals surface area contributed by atoms with Crippen LogP contribution in [0.2, 0.25) is 0 Å². The number of amides is 1. The van der Waals surface area contributed by atoms with Crippen LogP contribution < -0.4 is 5.32 Å². The number of aliphatic hydroxyl groups excluding tert-OH is 2. The Hall–Kier alpha value is -1.92. The SMILES string of the molecule is CCCC/C=C\CCCCCC(CC(=O)NC(CO)C(O)CCCCCCCCCCCCCCCCC)OC(=O)CCCCCCCC/C=C/C=C/CCCCC. The topological polar surface area (TPSA) is 95.9 Å². The van der Waals surface area contributed by atoms with Gasteiger partial charge in [-0.25, -0.2) is 0 Å². The number of hydrogen-bond donors (Lipinski definition) is 3. The first kappa shape index (κ1) is 56.1. The van der Waals surface area contributed by atoms with Crippen LogP contribution in [0.5, 0.6) is 0 Å². The maximum atomic E-state index is 13.1. The van der Waals surface area contributed by atoms with Crippen molar-refractivity contribution in [1.29, 1.82) is 0 Å². The molecule has 0 saturated carbocycles. The number of allylic oxidation sites excluding steroid dienone is 6. The van der Waals surface area contributed by atoms with E-state index in [1.54, 1.807) is 0 Å². The monoisotopic (exact) mass is 816 g/mol. The summed E-state index contributed by atoms with van der Waals surface area (Å²) in [7, 11) is 0. The normalized spacial score (nSPS) is 13.5. The summed E-state index contributed by atoms with van der Waals surface area (Å²) < 4.78 is 5.90. The molecule has 0 saturated heterocycles. The third-order valence-corrected chi connectivity index (χ3v) is 11.5. The van der Waals surface area contributed by atoms with Crippen molar-refractivity contribution in [1.82, 2.24) is 5.32 Å². The fourth-order valence-electron chi connectivity index (χ4n) is 7.58. The Balaban J connectivity index is 4.47.